The highest BCUT2D eigenvalue weighted by Gasteiger charge is 2.22. The summed E-state index contributed by atoms with van der Waals surface area (Å²) in [6.45, 7) is 0.688. The third kappa shape index (κ3) is 2.21. The van der Waals surface area contributed by atoms with Crippen molar-refractivity contribution in [3.05, 3.63) is 23.8 Å². The number of nitrogens with two attached hydrogens (primary N) is 1. The first-order valence-corrected chi connectivity index (χ1v) is 5.04. The maximum Gasteiger partial charge on any atom is 0.255 e. The standard InChI is InChI=1S/C11H14N2O2/c12-9-3-1-2-8(10(9)14)11(15)13-6-7-4-5-7/h1-3,7,14H,4-6,12H2,(H,13,15). The summed E-state index contributed by atoms with van der Waals surface area (Å²) in [5.74, 6) is 0.231. The van der Waals surface area contributed by atoms with Crippen molar-refractivity contribution in [2.75, 3.05) is 12.3 Å². The Bertz CT molecular complexity index is 386. The van der Waals surface area contributed by atoms with E-state index in [1.165, 1.54) is 12.8 Å². The smallest absolute Gasteiger partial charge is 0.255 e. The van der Waals surface area contributed by atoms with Gasteiger partial charge in [-0.1, -0.05) is 6.07 Å². The summed E-state index contributed by atoms with van der Waals surface area (Å²) in [5, 5.41) is 12.3. The number of nitrogen functional groups attached to an aromatic ring is 1. The van der Waals surface area contributed by atoms with E-state index in [0.29, 0.717) is 12.5 Å². The molecule has 15 heavy (non-hydrogen) atoms. The number of phenolic OH excluding ortho intramolecular Hbond substituents is 1. The molecule has 4 heteroatoms. The molecule has 0 spiro atoms. The van der Waals surface area contributed by atoms with Gasteiger partial charge < -0.3 is 16.2 Å². The van der Waals surface area contributed by atoms with Crippen LogP contribution in [0.4, 0.5) is 5.69 Å². The molecule has 0 radical (unpaired) electrons. The van der Waals surface area contributed by atoms with Gasteiger partial charge in [0, 0.05) is 6.54 Å². The Hall–Kier alpha value is -1.71. The van der Waals surface area contributed by atoms with Crippen LogP contribution in [0, 0.1) is 5.92 Å². The van der Waals surface area contributed by atoms with Crippen molar-refractivity contribution < 1.29 is 9.90 Å². The maximum atomic E-state index is 11.6. The van der Waals surface area contributed by atoms with Gasteiger partial charge in [-0.25, -0.2) is 0 Å². The number of amides is 1. The molecule has 1 amide bonds. The van der Waals surface area contributed by atoms with Crippen molar-refractivity contribution in [1.29, 1.82) is 0 Å². The first-order chi connectivity index (χ1) is 7.18. The van der Waals surface area contributed by atoms with Crippen LogP contribution in [-0.4, -0.2) is 17.6 Å². The lowest BCUT2D eigenvalue weighted by Gasteiger charge is -2.07. The average molecular weight is 206 g/mol. The van der Waals surface area contributed by atoms with E-state index in [1.807, 2.05) is 0 Å². The van der Waals surface area contributed by atoms with Crippen LogP contribution in [0.2, 0.25) is 0 Å². The summed E-state index contributed by atoms with van der Waals surface area (Å²) in [4.78, 5) is 11.6. The fourth-order valence-electron chi connectivity index (χ4n) is 1.40. The molecule has 1 aromatic rings. The second-order valence-corrected chi connectivity index (χ2v) is 3.90. The van der Waals surface area contributed by atoms with Crippen LogP contribution in [0.25, 0.3) is 0 Å². The Kier molecular flexibility index (Phi) is 2.49. The second-order valence-electron chi connectivity index (χ2n) is 3.90. The van der Waals surface area contributed by atoms with Crippen LogP contribution in [0.15, 0.2) is 18.2 Å². The number of hydrogen-bond acceptors (Lipinski definition) is 3. The second kappa shape index (κ2) is 3.81. The van der Waals surface area contributed by atoms with Crippen molar-refractivity contribution >= 4 is 11.6 Å². The number of para-hydroxylation sites is 1. The molecule has 0 heterocycles. The number of aromatic hydroxyl groups is 1. The highest BCUT2D eigenvalue weighted by Crippen LogP contribution is 2.28. The lowest BCUT2D eigenvalue weighted by Crippen LogP contribution is -2.25. The molecule has 0 saturated heterocycles. The predicted octanol–water partition coefficient (Wildman–Crippen LogP) is 1.11. The van der Waals surface area contributed by atoms with Crippen LogP contribution in [0.3, 0.4) is 0 Å². The molecule has 1 aliphatic rings. The zero-order chi connectivity index (χ0) is 10.8. The Morgan fingerprint density at radius 2 is 2.27 bits per heavy atom. The van der Waals surface area contributed by atoms with E-state index in [9.17, 15) is 9.90 Å². The van der Waals surface area contributed by atoms with Gasteiger partial charge in [0.15, 0.2) is 5.75 Å². The maximum absolute atomic E-state index is 11.6. The molecule has 1 aromatic carbocycles. The number of phenols is 1. The van der Waals surface area contributed by atoms with Crippen LogP contribution >= 0.6 is 0 Å². The summed E-state index contributed by atoms with van der Waals surface area (Å²) < 4.78 is 0. The topological polar surface area (TPSA) is 75.4 Å². The van der Waals surface area contributed by atoms with Crippen LogP contribution in [-0.2, 0) is 0 Å². The van der Waals surface area contributed by atoms with Crippen LogP contribution in [0.5, 0.6) is 5.75 Å². The van der Waals surface area contributed by atoms with E-state index < -0.39 is 0 Å². The summed E-state index contributed by atoms with van der Waals surface area (Å²) in [5.41, 5.74) is 5.97. The zero-order valence-corrected chi connectivity index (χ0v) is 8.36. The third-order valence-electron chi connectivity index (χ3n) is 2.56. The summed E-state index contributed by atoms with van der Waals surface area (Å²) >= 11 is 0. The fraction of sp³-hybridized carbons (Fsp3) is 0.364. The number of benzene rings is 1. The highest BCUT2D eigenvalue weighted by atomic mass is 16.3. The number of nitrogens with one attached hydrogen (secondary N) is 1. The van der Waals surface area contributed by atoms with Crippen molar-refractivity contribution in [1.82, 2.24) is 5.32 Å². The Balaban J connectivity index is 2.06. The van der Waals surface area contributed by atoms with Gasteiger partial charge in [-0.2, -0.15) is 0 Å². The molecule has 0 bridgehead atoms. The van der Waals surface area contributed by atoms with Gasteiger partial charge in [-0.05, 0) is 30.9 Å². The average Bonchev–Trinajstić information content (AvgIpc) is 3.02. The molecular weight excluding hydrogens is 192 g/mol. The minimum Gasteiger partial charge on any atom is -0.505 e. The first kappa shape index (κ1) is 9.83. The monoisotopic (exact) mass is 206 g/mol. The third-order valence-corrected chi connectivity index (χ3v) is 2.56. The molecule has 1 saturated carbocycles. The van der Waals surface area contributed by atoms with E-state index in [2.05, 4.69) is 5.32 Å². The number of carbonyl (C=O) groups excluding carboxylic acids is 1. The summed E-state index contributed by atoms with van der Waals surface area (Å²) in [6, 6.07) is 4.78. The Morgan fingerprint density at radius 3 is 2.93 bits per heavy atom. The lowest BCUT2D eigenvalue weighted by molar-refractivity contribution is 0.0949. The van der Waals surface area contributed by atoms with Crippen molar-refractivity contribution in [3.63, 3.8) is 0 Å². The minimum absolute atomic E-state index is 0.134. The molecule has 0 aromatic heterocycles. The van der Waals surface area contributed by atoms with Gasteiger partial charge in [0.05, 0.1) is 11.3 Å². The summed E-state index contributed by atoms with van der Waals surface area (Å²) in [7, 11) is 0. The minimum atomic E-state index is -0.258. The molecular formula is C11H14N2O2. The fourth-order valence-corrected chi connectivity index (χ4v) is 1.40. The normalized spacial score (nSPS) is 14.9. The lowest BCUT2D eigenvalue weighted by atomic mass is 10.1. The van der Waals surface area contributed by atoms with E-state index >= 15 is 0 Å². The summed E-state index contributed by atoms with van der Waals surface area (Å²) in [6.07, 6.45) is 2.37. The van der Waals surface area contributed by atoms with Gasteiger partial charge in [-0.15, -0.1) is 0 Å². The largest absolute Gasteiger partial charge is 0.505 e. The van der Waals surface area contributed by atoms with Gasteiger partial charge >= 0.3 is 0 Å². The van der Waals surface area contributed by atoms with Gasteiger partial charge in [-0.3, -0.25) is 4.79 Å². The van der Waals surface area contributed by atoms with Gasteiger partial charge in [0.1, 0.15) is 0 Å². The quantitative estimate of drug-likeness (QED) is 0.512. The van der Waals surface area contributed by atoms with E-state index in [4.69, 9.17) is 5.73 Å². The van der Waals surface area contributed by atoms with E-state index in [0.717, 1.165) is 0 Å². The molecule has 1 fully saturated rings. The van der Waals surface area contributed by atoms with Crippen molar-refractivity contribution in [2.24, 2.45) is 5.92 Å². The Morgan fingerprint density at radius 1 is 1.53 bits per heavy atom. The number of hydrogen-bond donors (Lipinski definition) is 3. The zero-order valence-electron chi connectivity index (χ0n) is 8.36. The number of rotatable bonds is 3. The molecule has 80 valence electrons. The van der Waals surface area contributed by atoms with Crippen molar-refractivity contribution in [2.45, 2.75) is 12.8 Å². The van der Waals surface area contributed by atoms with Crippen LogP contribution in [0.1, 0.15) is 23.2 Å². The molecule has 0 aliphatic heterocycles. The number of anilines is 1. The number of carbonyl (C=O) groups is 1. The van der Waals surface area contributed by atoms with Crippen LogP contribution < -0.4 is 11.1 Å². The van der Waals surface area contributed by atoms with E-state index in [-0.39, 0.29) is 22.9 Å². The Labute approximate surface area is 88.1 Å². The van der Waals surface area contributed by atoms with Gasteiger partial charge in [0.2, 0.25) is 0 Å². The predicted molar refractivity (Wildman–Crippen MR) is 57.6 cm³/mol. The molecule has 4 nitrogen and oxygen atoms in total. The molecule has 2 rings (SSSR count). The SMILES string of the molecule is Nc1cccc(C(=O)NCC2CC2)c1O. The first-order valence-electron chi connectivity index (χ1n) is 5.04. The molecule has 4 N–H and O–H groups in total. The highest BCUT2D eigenvalue weighted by molar-refractivity contribution is 5.98. The molecule has 1 aliphatic carbocycles. The van der Waals surface area contributed by atoms with E-state index in [1.54, 1.807) is 18.2 Å². The molecule has 0 unspecified atom stereocenters. The van der Waals surface area contributed by atoms with Crippen molar-refractivity contribution in [3.8, 4) is 5.75 Å². The van der Waals surface area contributed by atoms with Gasteiger partial charge in [0.25, 0.3) is 5.91 Å². The molecule has 0 atom stereocenters.